The molecule has 0 radical (unpaired) electrons. The first-order chi connectivity index (χ1) is 7.74. The van der Waals surface area contributed by atoms with Crippen LogP contribution in [-0.4, -0.2) is 25.6 Å². The maximum Gasteiger partial charge on any atom is 0.314 e. The molecule has 0 aliphatic heterocycles. The molecule has 2 aromatic heterocycles. The maximum absolute atomic E-state index is 9.30. The molecule has 0 saturated carbocycles. The first-order valence-electron chi connectivity index (χ1n) is 4.64. The molecule has 0 amide bonds. The third-order valence-corrected chi connectivity index (χ3v) is 2.29. The zero-order valence-electron chi connectivity index (χ0n) is 8.38. The van der Waals surface area contributed by atoms with Gasteiger partial charge < -0.3 is 5.11 Å². The van der Waals surface area contributed by atoms with Gasteiger partial charge in [0, 0.05) is 16.4 Å². The third kappa shape index (κ3) is 1.22. The molecule has 0 spiro atoms. The number of fused-ring (bicyclic) bond motifs is 1. The molecule has 0 atom stereocenters. The van der Waals surface area contributed by atoms with Crippen molar-refractivity contribution in [2.24, 2.45) is 0 Å². The van der Waals surface area contributed by atoms with E-state index in [2.05, 4.69) is 25.1 Å². The van der Waals surface area contributed by atoms with Crippen molar-refractivity contribution < 1.29 is 14.5 Å². The molecule has 80 valence electrons. The van der Waals surface area contributed by atoms with Crippen LogP contribution in [0.4, 0.5) is 0 Å². The second kappa shape index (κ2) is 3.02. The smallest absolute Gasteiger partial charge is 0.314 e. The summed E-state index contributed by atoms with van der Waals surface area (Å²) in [7, 11) is 0. The first kappa shape index (κ1) is 8.84. The van der Waals surface area contributed by atoms with Gasteiger partial charge in [0.15, 0.2) is 0 Å². The van der Waals surface area contributed by atoms with E-state index in [1.54, 1.807) is 18.2 Å². The van der Waals surface area contributed by atoms with E-state index in [-0.39, 0.29) is 5.75 Å². The third-order valence-electron chi connectivity index (χ3n) is 2.29. The molecule has 0 aliphatic carbocycles. The Morgan fingerprint density at radius 1 is 1.38 bits per heavy atom. The van der Waals surface area contributed by atoms with Gasteiger partial charge in [0.05, 0.1) is 5.10 Å². The van der Waals surface area contributed by atoms with E-state index in [1.807, 2.05) is 6.92 Å². The lowest BCUT2D eigenvalue weighted by molar-refractivity contribution is -0.711. The molecule has 0 bridgehead atoms. The second-order valence-corrected chi connectivity index (χ2v) is 3.43. The average Bonchev–Trinajstić information content (AvgIpc) is 2.76. The summed E-state index contributed by atoms with van der Waals surface area (Å²) in [5.74, 6) is 0.221. The number of nitrogens with zero attached hydrogens (tertiary/aromatic N) is 4. The van der Waals surface area contributed by atoms with Crippen molar-refractivity contribution in [1.82, 2.24) is 20.5 Å². The lowest BCUT2D eigenvalue weighted by Crippen LogP contribution is -2.36. The lowest BCUT2D eigenvalue weighted by atomic mass is 10.2. The van der Waals surface area contributed by atoms with Crippen LogP contribution in [0, 0.1) is 6.92 Å². The first-order valence-corrected chi connectivity index (χ1v) is 4.64. The fraction of sp³-hybridized carbons (Fsp3) is 0.111. The second-order valence-electron chi connectivity index (χ2n) is 3.43. The highest BCUT2D eigenvalue weighted by Crippen LogP contribution is 2.15. The number of rotatable bonds is 1. The molecule has 2 heterocycles. The highest BCUT2D eigenvalue weighted by Gasteiger charge is 2.19. The summed E-state index contributed by atoms with van der Waals surface area (Å²) >= 11 is 0. The largest absolute Gasteiger partial charge is 0.508 e. The zero-order chi connectivity index (χ0) is 11.1. The number of aromatic amines is 1. The number of nitrogens with one attached hydrogen (secondary N) is 1. The minimum Gasteiger partial charge on any atom is -0.508 e. The van der Waals surface area contributed by atoms with E-state index in [1.165, 1.54) is 4.80 Å². The minimum atomic E-state index is 0.221. The Hall–Kier alpha value is -2.44. The monoisotopic (exact) mass is 218 g/mol. The van der Waals surface area contributed by atoms with Crippen LogP contribution in [-0.2, 0) is 0 Å². The van der Waals surface area contributed by atoms with Gasteiger partial charge in [0.1, 0.15) is 5.75 Å². The van der Waals surface area contributed by atoms with Crippen LogP contribution in [0.25, 0.3) is 17.0 Å². The van der Waals surface area contributed by atoms with Gasteiger partial charge in [-0.05, 0) is 29.4 Å². The summed E-state index contributed by atoms with van der Waals surface area (Å²) in [4.78, 5) is 1.54. The summed E-state index contributed by atoms with van der Waals surface area (Å²) in [5.41, 5.74) is 2.59. The van der Waals surface area contributed by atoms with Gasteiger partial charge in [-0.2, -0.15) is 0 Å². The normalized spacial score (nSPS) is 11.1. The Morgan fingerprint density at radius 3 is 3.00 bits per heavy atom. The number of aromatic nitrogens is 5. The summed E-state index contributed by atoms with van der Waals surface area (Å²) in [6, 6.07) is 5.00. The molecule has 0 fully saturated rings. The fourth-order valence-corrected chi connectivity index (χ4v) is 1.53. The number of aryl methyl sites for hydroxylation is 1. The summed E-state index contributed by atoms with van der Waals surface area (Å²) in [6.45, 7) is 1.88. The molecule has 7 heteroatoms. The zero-order valence-corrected chi connectivity index (χ0v) is 8.38. The van der Waals surface area contributed by atoms with Crippen molar-refractivity contribution in [2.75, 3.05) is 0 Å². The number of hydrogen-bond donors (Lipinski definition) is 2. The summed E-state index contributed by atoms with van der Waals surface area (Å²) < 4.78 is 4.50. The predicted molar refractivity (Wildman–Crippen MR) is 51.9 cm³/mol. The minimum absolute atomic E-state index is 0.221. The Bertz CT molecular complexity index is 628. The van der Waals surface area contributed by atoms with Crippen LogP contribution in [0.2, 0.25) is 0 Å². The predicted octanol–water partition coefficient (Wildman–Crippen LogP) is 0.237. The van der Waals surface area contributed by atoms with E-state index in [9.17, 15) is 5.11 Å². The lowest BCUT2D eigenvalue weighted by Gasteiger charge is -1.95. The van der Waals surface area contributed by atoms with Gasteiger partial charge in [-0.3, -0.25) is 0 Å². The fourth-order valence-electron chi connectivity index (χ4n) is 1.53. The highest BCUT2D eigenvalue weighted by atomic mass is 16.6. The van der Waals surface area contributed by atoms with Crippen molar-refractivity contribution in [3.63, 3.8) is 0 Å². The van der Waals surface area contributed by atoms with Gasteiger partial charge >= 0.3 is 5.65 Å². The van der Waals surface area contributed by atoms with E-state index >= 15 is 0 Å². The molecule has 3 rings (SSSR count). The van der Waals surface area contributed by atoms with Crippen LogP contribution in [0.3, 0.4) is 0 Å². The van der Waals surface area contributed by atoms with Gasteiger partial charge in [0.25, 0.3) is 11.3 Å². The SMILES string of the molecule is Cc1cc(O)ccc1-[n+]1nc2nonc2[nH]1. The van der Waals surface area contributed by atoms with E-state index < -0.39 is 0 Å². The quantitative estimate of drug-likeness (QED) is 0.571. The van der Waals surface area contributed by atoms with Gasteiger partial charge in [-0.15, -0.1) is 5.10 Å². The van der Waals surface area contributed by atoms with Crippen molar-refractivity contribution in [2.45, 2.75) is 6.92 Å². The summed E-state index contributed by atoms with van der Waals surface area (Å²) in [6.07, 6.45) is 0. The van der Waals surface area contributed by atoms with Gasteiger partial charge in [-0.1, -0.05) is 0 Å². The number of hydrogen-bond acceptors (Lipinski definition) is 5. The average molecular weight is 218 g/mol. The highest BCUT2D eigenvalue weighted by molar-refractivity contribution is 5.60. The van der Waals surface area contributed by atoms with Crippen molar-refractivity contribution in [1.29, 1.82) is 0 Å². The van der Waals surface area contributed by atoms with E-state index in [4.69, 9.17) is 0 Å². The standard InChI is InChI=1S/C9H7N5O2/c1-5-4-6(15)2-3-7(5)14-10-8-9(11-14)13-16-12-8/h2-4H,1H3,(H-,10,11,12,13,15)/p+1. The van der Waals surface area contributed by atoms with Crippen LogP contribution in [0.5, 0.6) is 5.75 Å². The van der Waals surface area contributed by atoms with Crippen LogP contribution in [0.1, 0.15) is 5.56 Å². The topological polar surface area (TPSA) is 91.7 Å². The number of phenolic OH excluding ortho intramolecular Hbond substituents is 1. The van der Waals surface area contributed by atoms with Gasteiger partial charge in [0.2, 0.25) is 0 Å². The van der Waals surface area contributed by atoms with Crippen LogP contribution >= 0.6 is 0 Å². The molecule has 3 aromatic rings. The molecule has 0 aliphatic rings. The van der Waals surface area contributed by atoms with Crippen molar-refractivity contribution >= 4 is 11.3 Å². The van der Waals surface area contributed by atoms with Crippen LogP contribution in [0.15, 0.2) is 22.8 Å². The maximum atomic E-state index is 9.30. The Kier molecular flexibility index (Phi) is 1.67. The Balaban J connectivity index is 2.19. The molecule has 2 N–H and O–H groups in total. The van der Waals surface area contributed by atoms with Gasteiger partial charge in [-0.25, -0.2) is 4.63 Å². The van der Waals surface area contributed by atoms with Crippen LogP contribution < -0.4 is 4.80 Å². The molecular weight excluding hydrogens is 210 g/mol. The molecule has 1 aromatic carbocycles. The molecule has 16 heavy (non-hydrogen) atoms. The van der Waals surface area contributed by atoms with Crippen molar-refractivity contribution in [3.05, 3.63) is 23.8 Å². The summed E-state index contributed by atoms with van der Waals surface area (Å²) in [5, 5.41) is 23.6. The Morgan fingerprint density at radius 2 is 2.25 bits per heavy atom. The van der Waals surface area contributed by atoms with E-state index in [0.717, 1.165) is 11.3 Å². The molecular formula is C9H8N5O2+. The number of H-pyrrole nitrogens is 1. The van der Waals surface area contributed by atoms with E-state index in [0.29, 0.717) is 11.3 Å². The number of phenols is 1. The molecule has 7 nitrogen and oxygen atoms in total. The Labute approximate surface area is 89.3 Å². The number of aromatic hydroxyl groups is 1. The van der Waals surface area contributed by atoms with Crippen molar-refractivity contribution in [3.8, 4) is 11.4 Å². The molecule has 0 saturated heterocycles. The molecule has 0 unspecified atom stereocenters. The number of benzene rings is 1.